The van der Waals surface area contributed by atoms with E-state index < -0.39 is 0 Å². The Balaban J connectivity index is 2.36. The van der Waals surface area contributed by atoms with Gasteiger partial charge in [0.2, 0.25) is 0 Å². The second kappa shape index (κ2) is 3.15. The Morgan fingerprint density at radius 2 is 2.29 bits per heavy atom. The summed E-state index contributed by atoms with van der Waals surface area (Å²) in [7, 11) is 0. The molecule has 3 nitrogen and oxygen atoms in total. The minimum absolute atomic E-state index is 0.219. The van der Waals surface area contributed by atoms with Crippen LogP contribution in [0.25, 0.3) is 0 Å². The maximum Gasteiger partial charge on any atom is 0.0790 e. The van der Waals surface area contributed by atoms with E-state index in [2.05, 4.69) is 23.7 Å². The van der Waals surface area contributed by atoms with Crippen LogP contribution in [0.3, 0.4) is 0 Å². The lowest BCUT2D eigenvalue weighted by molar-refractivity contribution is 0.518. The summed E-state index contributed by atoms with van der Waals surface area (Å²) in [6.45, 7) is 5.60. The summed E-state index contributed by atoms with van der Waals surface area (Å²) < 4.78 is 0. The Morgan fingerprint density at radius 3 is 2.86 bits per heavy atom. The van der Waals surface area contributed by atoms with Gasteiger partial charge in [0.15, 0.2) is 0 Å². The third-order valence-corrected chi connectivity index (χ3v) is 3.02. The van der Waals surface area contributed by atoms with Crippen molar-refractivity contribution in [1.82, 2.24) is 4.98 Å². The molecule has 0 unspecified atom stereocenters. The molecule has 0 spiro atoms. The van der Waals surface area contributed by atoms with E-state index in [0.717, 1.165) is 17.9 Å². The molecule has 1 aromatic heterocycles. The zero-order chi connectivity index (χ0) is 10.2. The maximum absolute atomic E-state index is 5.94. The topological polar surface area (TPSA) is 42.2 Å². The maximum atomic E-state index is 5.94. The number of nitrogen functional groups attached to an aromatic ring is 1. The highest BCUT2D eigenvalue weighted by Crippen LogP contribution is 2.35. The average molecular weight is 191 g/mol. The van der Waals surface area contributed by atoms with Crippen molar-refractivity contribution in [2.24, 2.45) is 0 Å². The van der Waals surface area contributed by atoms with Gasteiger partial charge in [-0.25, -0.2) is 0 Å². The van der Waals surface area contributed by atoms with Crippen molar-refractivity contribution in [3.8, 4) is 0 Å². The lowest BCUT2D eigenvalue weighted by Gasteiger charge is -2.34. The summed E-state index contributed by atoms with van der Waals surface area (Å²) in [6, 6.07) is 1.86. The molecule has 0 radical (unpaired) electrons. The average Bonchev–Trinajstić information content (AvgIpc) is 2.46. The van der Waals surface area contributed by atoms with Gasteiger partial charge < -0.3 is 10.6 Å². The number of hydrogen-bond donors (Lipinski definition) is 1. The molecule has 14 heavy (non-hydrogen) atoms. The number of hydrogen-bond acceptors (Lipinski definition) is 3. The highest BCUT2D eigenvalue weighted by molar-refractivity contribution is 5.67. The van der Waals surface area contributed by atoms with Crippen molar-refractivity contribution in [3.63, 3.8) is 0 Å². The lowest BCUT2D eigenvalue weighted by Crippen LogP contribution is -2.38. The van der Waals surface area contributed by atoms with Crippen LogP contribution in [-0.4, -0.2) is 17.1 Å². The Bertz CT molecular complexity index is 333. The first-order valence-corrected chi connectivity index (χ1v) is 5.08. The van der Waals surface area contributed by atoms with Gasteiger partial charge in [-0.15, -0.1) is 0 Å². The Kier molecular flexibility index (Phi) is 2.10. The Hall–Kier alpha value is -1.25. The van der Waals surface area contributed by atoms with Crippen LogP contribution in [0.15, 0.2) is 18.5 Å². The molecule has 1 aromatic rings. The minimum Gasteiger partial charge on any atom is -0.397 e. The van der Waals surface area contributed by atoms with Gasteiger partial charge in [-0.3, -0.25) is 4.98 Å². The quantitative estimate of drug-likeness (QED) is 0.738. The fourth-order valence-electron chi connectivity index (χ4n) is 2.18. The molecule has 0 atom stereocenters. The van der Waals surface area contributed by atoms with Gasteiger partial charge >= 0.3 is 0 Å². The second-order valence-corrected chi connectivity index (χ2v) is 4.50. The summed E-state index contributed by atoms with van der Waals surface area (Å²) in [5.41, 5.74) is 8.07. The van der Waals surface area contributed by atoms with Gasteiger partial charge in [0, 0.05) is 18.3 Å². The third kappa shape index (κ3) is 1.43. The van der Waals surface area contributed by atoms with Crippen LogP contribution >= 0.6 is 0 Å². The van der Waals surface area contributed by atoms with Crippen LogP contribution in [0.4, 0.5) is 11.4 Å². The Labute approximate surface area is 84.9 Å². The molecular formula is C11H17N3. The van der Waals surface area contributed by atoms with Gasteiger partial charge in [-0.1, -0.05) is 0 Å². The van der Waals surface area contributed by atoms with Gasteiger partial charge in [-0.05, 0) is 32.8 Å². The SMILES string of the molecule is CC1(C)CCCN1c1cnccc1N. The molecule has 3 heteroatoms. The monoisotopic (exact) mass is 191 g/mol. The lowest BCUT2D eigenvalue weighted by atomic mass is 10.0. The molecule has 1 aliphatic heterocycles. The van der Waals surface area contributed by atoms with E-state index in [0.29, 0.717) is 0 Å². The van der Waals surface area contributed by atoms with E-state index in [9.17, 15) is 0 Å². The van der Waals surface area contributed by atoms with Crippen LogP contribution in [0.2, 0.25) is 0 Å². The smallest absolute Gasteiger partial charge is 0.0790 e. The van der Waals surface area contributed by atoms with Crippen LogP contribution in [-0.2, 0) is 0 Å². The minimum atomic E-state index is 0.219. The molecule has 2 rings (SSSR count). The highest BCUT2D eigenvalue weighted by atomic mass is 15.2. The van der Waals surface area contributed by atoms with Crippen LogP contribution in [0.1, 0.15) is 26.7 Å². The van der Waals surface area contributed by atoms with E-state index >= 15 is 0 Å². The largest absolute Gasteiger partial charge is 0.397 e. The van der Waals surface area contributed by atoms with E-state index in [1.807, 2.05) is 12.3 Å². The molecule has 0 aliphatic carbocycles. The molecular weight excluding hydrogens is 174 g/mol. The number of nitrogens with zero attached hydrogens (tertiary/aromatic N) is 2. The first-order valence-electron chi connectivity index (χ1n) is 5.08. The standard InChI is InChI=1S/C11H17N3/c1-11(2)5-3-7-14(11)10-8-13-6-4-9(10)12/h4,6,8H,3,5,7H2,1-2H3,(H2,12,13). The Morgan fingerprint density at radius 1 is 1.50 bits per heavy atom. The zero-order valence-electron chi connectivity index (χ0n) is 8.83. The summed E-state index contributed by atoms with van der Waals surface area (Å²) in [5, 5.41) is 0. The second-order valence-electron chi connectivity index (χ2n) is 4.50. The molecule has 2 N–H and O–H groups in total. The molecule has 1 aliphatic rings. The predicted molar refractivity (Wildman–Crippen MR) is 59.3 cm³/mol. The number of aromatic nitrogens is 1. The normalized spacial score (nSPS) is 20.0. The summed E-state index contributed by atoms with van der Waals surface area (Å²) >= 11 is 0. The first-order chi connectivity index (χ1) is 6.61. The predicted octanol–water partition coefficient (Wildman–Crippen LogP) is 2.04. The highest BCUT2D eigenvalue weighted by Gasteiger charge is 2.32. The molecule has 0 amide bonds. The van der Waals surface area contributed by atoms with Crippen molar-refractivity contribution in [2.45, 2.75) is 32.2 Å². The molecule has 76 valence electrons. The third-order valence-electron chi connectivity index (χ3n) is 3.02. The summed E-state index contributed by atoms with van der Waals surface area (Å²) in [5.74, 6) is 0. The van der Waals surface area contributed by atoms with Crippen molar-refractivity contribution in [3.05, 3.63) is 18.5 Å². The van der Waals surface area contributed by atoms with Crippen molar-refractivity contribution in [2.75, 3.05) is 17.2 Å². The molecule has 2 heterocycles. The molecule has 0 bridgehead atoms. The number of rotatable bonds is 1. The molecule has 1 saturated heterocycles. The molecule has 0 saturated carbocycles. The summed E-state index contributed by atoms with van der Waals surface area (Å²) in [6.07, 6.45) is 6.06. The van der Waals surface area contributed by atoms with Gasteiger partial charge in [0.1, 0.15) is 0 Å². The van der Waals surface area contributed by atoms with E-state index in [-0.39, 0.29) is 5.54 Å². The van der Waals surface area contributed by atoms with Crippen molar-refractivity contribution >= 4 is 11.4 Å². The van der Waals surface area contributed by atoms with E-state index in [4.69, 9.17) is 5.73 Å². The van der Waals surface area contributed by atoms with E-state index in [1.54, 1.807) is 6.20 Å². The number of pyridine rings is 1. The van der Waals surface area contributed by atoms with Crippen LogP contribution < -0.4 is 10.6 Å². The molecule has 1 fully saturated rings. The summed E-state index contributed by atoms with van der Waals surface area (Å²) in [4.78, 5) is 6.49. The van der Waals surface area contributed by atoms with Crippen LogP contribution in [0, 0.1) is 0 Å². The molecule has 0 aromatic carbocycles. The number of anilines is 2. The van der Waals surface area contributed by atoms with Gasteiger partial charge in [0.05, 0.1) is 17.6 Å². The van der Waals surface area contributed by atoms with Crippen molar-refractivity contribution in [1.29, 1.82) is 0 Å². The van der Waals surface area contributed by atoms with Crippen molar-refractivity contribution < 1.29 is 0 Å². The van der Waals surface area contributed by atoms with E-state index in [1.165, 1.54) is 12.8 Å². The first kappa shape index (κ1) is 9.31. The zero-order valence-corrected chi connectivity index (χ0v) is 8.83. The van der Waals surface area contributed by atoms with Gasteiger partial charge in [0.25, 0.3) is 0 Å². The number of nitrogens with two attached hydrogens (primary N) is 1. The van der Waals surface area contributed by atoms with Crippen LogP contribution in [0.5, 0.6) is 0 Å². The van der Waals surface area contributed by atoms with Gasteiger partial charge in [-0.2, -0.15) is 0 Å². The fourth-order valence-corrected chi connectivity index (χ4v) is 2.18. The fraction of sp³-hybridized carbons (Fsp3) is 0.545.